The highest BCUT2D eigenvalue weighted by Crippen LogP contribution is 2.42. The van der Waals surface area contributed by atoms with Crippen molar-refractivity contribution >= 4 is 28.7 Å². The van der Waals surface area contributed by atoms with Crippen molar-refractivity contribution in [2.75, 3.05) is 37.5 Å². The average molecular weight is 435 g/mol. The number of pyridine rings is 1. The molecule has 1 N–H and O–H groups in total. The lowest BCUT2D eigenvalue weighted by Crippen LogP contribution is -2.23. The third-order valence-electron chi connectivity index (χ3n) is 4.33. The first kappa shape index (κ1) is 21.8. The lowest BCUT2D eigenvalue weighted by Gasteiger charge is -2.17. The minimum absolute atomic E-state index is 0.00788. The number of carbonyl (C=O) groups excluding carboxylic acids is 1. The van der Waals surface area contributed by atoms with Gasteiger partial charge in [0, 0.05) is 26.3 Å². The Balaban J connectivity index is 1.80. The van der Waals surface area contributed by atoms with Gasteiger partial charge in [0.15, 0.2) is 0 Å². The normalized spacial score (nSPS) is 11.4. The van der Waals surface area contributed by atoms with Gasteiger partial charge in [-0.3, -0.25) is 4.79 Å². The number of halogens is 3. The van der Waals surface area contributed by atoms with Crippen LogP contribution in [0.4, 0.5) is 24.7 Å². The molecule has 2 aromatic heterocycles. The van der Waals surface area contributed by atoms with Gasteiger partial charge in [0.05, 0.1) is 23.4 Å². The zero-order valence-corrected chi connectivity index (χ0v) is 17.2. The Bertz CT molecular complexity index is 989. The Kier molecular flexibility index (Phi) is 6.73. The van der Waals surface area contributed by atoms with E-state index in [1.807, 2.05) is 11.9 Å². The number of nitrogens with one attached hydrogen (secondary N) is 1. The molecule has 0 radical (unpaired) electrons. The van der Waals surface area contributed by atoms with Crippen molar-refractivity contribution in [2.24, 2.45) is 0 Å². The van der Waals surface area contributed by atoms with Gasteiger partial charge in [-0.05, 0) is 23.8 Å². The van der Waals surface area contributed by atoms with E-state index in [4.69, 9.17) is 4.74 Å². The van der Waals surface area contributed by atoms with E-state index in [-0.39, 0.29) is 10.4 Å². The smallest absolute Gasteiger partial charge is 0.383 e. The molecule has 0 saturated heterocycles. The summed E-state index contributed by atoms with van der Waals surface area (Å²) in [4.78, 5) is 17.9. The molecule has 0 saturated carbocycles. The number of rotatable bonds is 7. The van der Waals surface area contributed by atoms with E-state index >= 15 is 0 Å². The standard InChI is InChI=1S/C21H20F3N3O2S/c1-27(10-11-29-2)18-9-8-15(13-25-18)26-20(28)17-12-16(14-6-4-3-5-7-14)19(30-17)21(22,23)24/h3-9,12-13H,10-11H2,1-2H3,(H,26,28). The number of amides is 1. The molecule has 0 aliphatic heterocycles. The van der Waals surface area contributed by atoms with Crippen LogP contribution in [-0.2, 0) is 10.9 Å². The molecule has 30 heavy (non-hydrogen) atoms. The van der Waals surface area contributed by atoms with Gasteiger partial charge in [-0.25, -0.2) is 4.98 Å². The van der Waals surface area contributed by atoms with Gasteiger partial charge < -0.3 is 15.0 Å². The third-order valence-corrected chi connectivity index (χ3v) is 5.50. The summed E-state index contributed by atoms with van der Waals surface area (Å²) < 4.78 is 45.5. The molecular weight excluding hydrogens is 415 g/mol. The molecule has 9 heteroatoms. The Hall–Kier alpha value is -2.91. The van der Waals surface area contributed by atoms with Crippen molar-refractivity contribution in [3.8, 4) is 11.1 Å². The number of aromatic nitrogens is 1. The lowest BCUT2D eigenvalue weighted by molar-refractivity contribution is -0.133. The van der Waals surface area contributed by atoms with Crippen LogP contribution in [0.15, 0.2) is 54.7 Å². The number of hydrogen-bond donors (Lipinski definition) is 1. The summed E-state index contributed by atoms with van der Waals surface area (Å²) in [7, 11) is 3.47. The largest absolute Gasteiger partial charge is 0.426 e. The molecule has 0 aliphatic rings. The molecule has 3 aromatic rings. The van der Waals surface area contributed by atoms with Gasteiger partial charge in [-0.1, -0.05) is 30.3 Å². The van der Waals surface area contributed by atoms with E-state index in [9.17, 15) is 18.0 Å². The van der Waals surface area contributed by atoms with Crippen LogP contribution < -0.4 is 10.2 Å². The average Bonchev–Trinajstić information content (AvgIpc) is 3.19. The van der Waals surface area contributed by atoms with Crippen molar-refractivity contribution in [1.82, 2.24) is 4.98 Å². The van der Waals surface area contributed by atoms with E-state index in [1.54, 1.807) is 49.6 Å². The molecule has 0 fully saturated rings. The Morgan fingerprint density at radius 3 is 2.53 bits per heavy atom. The van der Waals surface area contributed by atoms with Crippen LogP contribution >= 0.6 is 11.3 Å². The van der Waals surface area contributed by atoms with E-state index in [1.165, 1.54) is 12.3 Å². The van der Waals surface area contributed by atoms with Crippen LogP contribution in [0, 0.1) is 0 Å². The fourth-order valence-electron chi connectivity index (χ4n) is 2.77. The minimum atomic E-state index is -4.55. The van der Waals surface area contributed by atoms with E-state index in [2.05, 4.69) is 10.3 Å². The summed E-state index contributed by atoms with van der Waals surface area (Å²) in [5.74, 6) is 0.0712. The highest BCUT2D eigenvalue weighted by atomic mass is 32.1. The molecule has 1 amide bonds. The second-order valence-electron chi connectivity index (χ2n) is 6.49. The summed E-state index contributed by atoms with van der Waals surface area (Å²) in [5.41, 5.74) is 0.795. The molecule has 3 rings (SSSR count). The predicted octanol–water partition coefficient (Wildman–Crippen LogP) is 5.16. The summed E-state index contributed by atoms with van der Waals surface area (Å²) >= 11 is 0.426. The van der Waals surface area contributed by atoms with Crippen LogP contribution in [0.1, 0.15) is 14.5 Å². The first-order valence-corrected chi connectivity index (χ1v) is 9.85. The maximum Gasteiger partial charge on any atom is 0.426 e. The number of hydrogen-bond acceptors (Lipinski definition) is 5. The fraction of sp³-hybridized carbons (Fsp3) is 0.238. The zero-order chi connectivity index (χ0) is 21.7. The quantitative estimate of drug-likeness (QED) is 0.557. The van der Waals surface area contributed by atoms with Crippen LogP contribution in [0.5, 0.6) is 0 Å². The van der Waals surface area contributed by atoms with Gasteiger partial charge in [0.2, 0.25) is 0 Å². The van der Waals surface area contributed by atoms with E-state index in [0.29, 0.717) is 41.6 Å². The minimum Gasteiger partial charge on any atom is -0.383 e. The fourth-order valence-corrected chi connectivity index (χ4v) is 3.71. The zero-order valence-electron chi connectivity index (χ0n) is 16.4. The number of methoxy groups -OCH3 is 1. The Morgan fingerprint density at radius 1 is 1.20 bits per heavy atom. The summed E-state index contributed by atoms with van der Waals surface area (Å²) in [5, 5.41) is 2.61. The van der Waals surface area contributed by atoms with Crippen molar-refractivity contribution < 1.29 is 22.7 Å². The van der Waals surface area contributed by atoms with Gasteiger partial charge in [-0.2, -0.15) is 13.2 Å². The van der Waals surface area contributed by atoms with Crippen molar-refractivity contribution in [1.29, 1.82) is 0 Å². The molecule has 158 valence electrons. The molecule has 1 aromatic carbocycles. The number of anilines is 2. The number of thiophene rings is 1. The number of nitrogens with zero attached hydrogens (tertiary/aromatic N) is 2. The first-order valence-electron chi connectivity index (χ1n) is 9.03. The van der Waals surface area contributed by atoms with Crippen molar-refractivity contribution in [3.05, 3.63) is 64.5 Å². The molecule has 0 unspecified atom stereocenters. The molecule has 0 bridgehead atoms. The van der Waals surface area contributed by atoms with Crippen molar-refractivity contribution in [3.63, 3.8) is 0 Å². The summed E-state index contributed by atoms with van der Waals surface area (Å²) in [6.45, 7) is 1.19. The van der Waals surface area contributed by atoms with Crippen molar-refractivity contribution in [2.45, 2.75) is 6.18 Å². The van der Waals surface area contributed by atoms with Gasteiger partial charge in [0.25, 0.3) is 5.91 Å². The topological polar surface area (TPSA) is 54.5 Å². The molecular formula is C21H20F3N3O2S. The number of benzene rings is 1. The second kappa shape index (κ2) is 9.27. The highest BCUT2D eigenvalue weighted by molar-refractivity contribution is 7.14. The van der Waals surface area contributed by atoms with Crippen LogP contribution in [0.2, 0.25) is 0 Å². The predicted molar refractivity (Wildman–Crippen MR) is 112 cm³/mol. The summed E-state index contributed by atoms with van der Waals surface area (Å²) in [6, 6.07) is 12.9. The van der Waals surface area contributed by atoms with Crippen LogP contribution in [0.3, 0.4) is 0 Å². The molecule has 2 heterocycles. The number of likely N-dealkylation sites (N-methyl/N-ethyl adjacent to an activating group) is 1. The van der Waals surface area contributed by atoms with E-state index in [0.717, 1.165) is 0 Å². The van der Waals surface area contributed by atoms with Gasteiger partial charge in [-0.15, -0.1) is 11.3 Å². The van der Waals surface area contributed by atoms with E-state index < -0.39 is 17.0 Å². The SMILES string of the molecule is COCCN(C)c1ccc(NC(=O)c2cc(-c3ccccc3)c(C(F)(F)F)s2)cn1. The third kappa shape index (κ3) is 5.17. The van der Waals surface area contributed by atoms with Crippen LogP contribution in [-0.4, -0.2) is 38.2 Å². The maximum atomic E-state index is 13.5. The Labute approximate surface area is 176 Å². The molecule has 5 nitrogen and oxygen atoms in total. The first-order chi connectivity index (χ1) is 14.3. The number of alkyl halides is 3. The summed E-state index contributed by atoms with van der Waals surface area (Å²) in [6.07, 6.45) is -3.09. The second-order valence-corrected chi connectivity index (χ2v) is 7.54. The Morgan fingerprint density at radius 2 is 1.93 bits per heavy atom. The van der Waals surface area contributed by atoms with Crippen LogP contribution in [0.25, 0.3) is 11.1 Å². The highest BCUT2D eigenvalue weighted by Gasteiger charge is 2.37. The number of ether oxygens (including phenoxy) is 1. The molecule has 0 spiro atoms. The molecule has 0 atom stereocenters. The lowest BCUT2D eigenvalue weighted by atomic mass is 10.1. The maximum absolute atomic E-state index is 13.5. The number of carbonyl (C=O) groups is 1. The van der Waals surface area contributed by atoms with Gasteiger partial charge in [0.1, 0.15) is 10.7 Å². The molecule has 0 aliphatic carbocycles. The van der Waals surface area contributed by atoms with Gasteiger partial charge >= 0.3 is 6.18 Å². The monoisotopic (exact) mass is 435 g/mol.